The summed E-state index contributed by atoms with van der Waals surface area (Å²) in [5.41, 5.74) is 1.29. The zero-order valence-corrected chi connectivity index (χ0v) is 14.1. The molecule has 3 aromatic rings. The average molecular weight is 353 g/mol. The fourth-order valence-electron chi connectivity index (χ4n) is 3.11. The Bertz CT molecular complexity index is 919. The highest BCUT2D eigenvalue weighted by Gasteiger charge is 2.33. The molecule has 126 valence electrons. The van der Waals surface area contributed by atoms with Gasteiger partial charge in [-0.15, -0.1) is 11.3 Å². The van der Waals surface area contributed by atoms with Crippen LogP contribution in [-0.2, 0) is 0 Å². The lowest BCUT2D eigenvalue weighted by molar-refractivity contribution is 0.0685. The van der Waals surface area contributed by atoms with Gasteiger partial charge in [0.25, 0.3) is 5.91 Å². The number of rotatable bonds is 3. The first-order valence-electron chi connectivity index (χ1n) is 7.99. The van der Waals surface area contributed by atoms with Crippen molar-refractivity contribution in [1.82, 2.24) is 14.9 Å². The van der Waals surface area contributed by atoms with Crippen molar-refractivity contribution in [3.8, 4) is 0 Å². The largest absolute Gasteiger partial charge is 0.477 e. The number of carboxylic acids is 1. The van der Waals surface area contributed by atoms with E-state index in [0.29, 0.717) is 12.1 Å². The number of aromatic nitrogens is 2. The highest BCUT2D eigenvalue weighted by atomic mass is 32.1. The zero-order chi connectivity index (χ0) is 17.4. The van der Waals surface area contributed by atoms with Crippen LogP contribution in [0.25, 0.3) is 10.2 Å². The third-order valence-electron chi connectivity index (χ3n) is 4.34. The molecule has 1 N–H and O–H groups in total. The molecule has 0 bridgehead atoms. The molecule has 1 saturated heterocycles. The Morgan fingerprint density at radius 1 is 1.20 bits per heavy atom. The molecule has 25 heavy (non-hydrogen) atoms. The lowest BCUT2D eigenvalue weighted by Gasteiger charge is -2.23. The first-order valence-corrected chi connectivity index (χ1v) is 8.81. The predicted molar refractivity (Wildman–Crippen MR) is 93.8 cm³/mol. The molecule has 1 fully saturated rings. The van der Waals surface area contributed by atoms with Gasteiger partial charge in [0, 0.05) is 12.7 Å². The maximum Gasteiger partial charge on any atom is 0.354 e. The second-order valence-electron chi connectivity index (χ2n) is 5.91. The third kappa shape index (κ3) is 2.87. The van der Waals surface area contributed by atoms with Crippen LogP contribution < -0.4 is 0 Å². The Morgan fingerprint density at radius 3 is 2.76 bits per heavy atom. The molecule has 0 saturated carbocycles. The van der Waals surface area contributed by atoms with Crippen LogP contribution in [0.4, 0.5) is 0 Å². The van der Waals surface area contributed by atoms with Crippen molar-refractivity contribution >= 4 is 33.4 Å². The highest BCUT2D eigenvalue weighted by Crippen LogP contribution is 2.37. The molecule has 1 aliphatic rings. The summed E-state index contributed by atoms with van der Waals surface area (Å²) in [5.74, 6) is -1.24. The van der Waals surface area contributed by atoms with Gasteiger partial charge in [0.2, 0.25) is 0 Å². The van der Waals surface area contributed by atoms with E-state index in [1.54, 1.807) is 11.3 Å². The second kappa shape index (κ2) is 6.25. The Kier molecular flexibility index (Phi) is 3.93. The number of carboxylic acid groups (broad SMARTS) is 1. The van der Waals surface area contributed by atoms with Crippen molar-refractivity contribution < 1.29 is 14.7 Å². The summed E-state index contributed by atoms with van der Waals surface area (Å²) < 4.78 is 1.12. The standard InChI is InChI=1S/C18H15N3O3S/c22-17(11-7-8-13(18(23)24)19-10-11)21-9-3-5-14(21)16-20-12-4-1-2-6-15(12)25-16/h1-2,4,6-8,10,14H,3,5,9H2,(H,23,24)/t14-/m1/s1. The minimum absolute atomic E-state index is 0.0379. The van der Waals surface area contributed by atoms with E-state index in [4.69, 9.17) is 5.11 Å². The van der Waals surface area contributed by atoms with E-state index in [1.165, 1.54) is 18.3 Å². The van der Waals surface area contributed by atoms with E-state index in [9.17, 15) is 9.59 Å². The van der Waals surface area contributed by atoms with Crippen LogP contribution in [0.3, 0.4) is 0 Å². The first-order chi connectivity index (χ1) is 12.1. The van der Waals surface area contributed by atoms with Gasteiger partial charge in [0.1, 0.15) is 10.7 Å². The molecule has 1 aliphatic heterocycles. The number of aromatic carboxylic acids is 1. The zero-order valence-electron chi connectivity index (χ0n) is 13.3. The van der Waals surface area contributed by atoms with Crippen LogP contribution in [-0.4, -0.2) is 38.4 Å². The fourth-order valence-corrected chi connectivity index (χ4v) is 4.23. The molecule has 1 aromatic carbocycles. The lowest BCUT2D eigenvalue weighted by atomic mass is 10.2. The minimum Gasteiger partial charge on any atom is -0.477 e. The van der Waals surface area contributed by atoms with Crippen molar-refractivity contribution in [1.29, 1.82) is 0 Å². The number of fused-ring (bicyclic) bond motifs is 1. The topological polar surface area (TPSA) is 83.4 Å². The molecule has 0 radical (unpaired) electrons. The van der Waals surface area contributed by atoms with E-state index < -0.39 is 5.97 Å². The molecule has 1 atom stereocenters. The van der Waals surface area contributed by atoms with E-state index in [2.05, 4.69) is 9.97 Å². The summed E-state index contributed by atoms with van der Waals surface area (Å²) >= 11 is 1.62. The van der Waals surface area contributed by atoms with Crippen LogP contribution in [0, 0.1) is 0 Å². The van der Waals surface area contributed by atoms with Crippen LogP contribution in [0.15, 0.2) is 42.6 Å². The second-order valence-corrected chi connectivity index (χ2v) is 6.98. The Morgan fingerprint density at radius 2 is 2.04 bits per heavy atom. The van der Waals surface area contributed by atoms with Gasteiger partial charge in [-0.1, -0.05) is 12.1 Å². The molecule has 0 spiro atoms. The molecule has 2 aromatic heterocycles. The number of benzene rings is 1. The molecule has 0 aliphatic carbocycles. The number of pyridine rings is 1. The van der Waals surface area contributed by atoms with Crippen LogP contribution in [0.1, 0.15) is 44.7 Å². The number of carbonyl (C=O) groups is 2. The number of hydrogen-bond acceptors (Lipinski definition) is 5. The van der Waals surface area contributed by atoms with Crippen LogP contribution >= 0.6 is 11.3 Å². The van der Waals surface area contributed by atoms with E-state index in [0.717, 1.165) is 28.1 Å². The van der Waals surface area contributed by atoms with Gasteiger partial charge in [-0.2, -0.15) is 0 Å². The monoisotopic (exact) mass is 353 g/mol. The van der Waals surface area contributed by atoms with Crippen molar-refractivity contribution in [2.24, 2.45) is 0 Å². The smallest absolute Gasteiger partial charge is 0.354 e. The molecular weight excluding hydrogens is 338 g/mol. The maximum atomic E-state index is 12.8. The molecule has 1 amide bonds. The normalized spacial score (nSPS) is 17.1. The molecule has 0 unspecified atom stereocenters. The van der Waals surface area contributed by atoms with Gasteiger partial charge in [0.15, 0.2) is 0 Å². The average Bonchev–Trinajstić information content (AvgIpc) is 3.27. The fraction of sp³-hybridized carbons (Fsp3) is 0.222. The van der Waals surface area contributed by atoms with Crippen LogP contribution in [0.5, 0.6) is 0 Å². The number of carbonyl (C=O) groups excluding carboxylic acids is 1. The maximum absolute atomic E-state index is 12.8. The minimum atomic E-state index is -1.10. The summed E-state index contributed by atoms with van der Waals surface area (Å²) in [5, 5.41) is 9.87. The Balaban J connectivity index is 1.62. The van der Waals surface area contributed by atoms with Gasteiger partial charge in [-0.25, -0.2) is 14.8 Å². The number of hydrogen-bond donors (Lipinski definition) is 1. The summed E-state index contributed by atoms with van der Waals surface area (Å²) in [6, 6.07) is 10.8. The summed E-state index contributed by atoms with van der Waals surface area (Å²) in [6.45, 7) is 0.667. The number of amides is 1. The highest BCUT2D eigenvalue weighted by molar-refractivity contribution is 7.18. The molecule has 3 heterocycles. The van der Waals surface area contributed by atoms with Gasteiger partial charge >= 0.3 is 5.97 Å². The summed E-state index contributed by atoms with van der Waals surface area (Å²) in [4.78, 5) is 34.1. The van der Waals surface area contributed by atoms with Crippen LogP contribution in [0.2, 0.25) is 0 Å². The Hall–Kier alpha value is -2.80. The summed E-state index contributed by atoms with van der Waals surface area (Å²) in [7, 11) is 0. The number of para-hydroxylation sites is 1. The number of thiazole rings is 1. The van der Waals surface area contributed by atoms with Crippen molar-refractivity contribution in [2.45, 2.75) is 18.9 Å². The molecular formula is C18H15N3O3S. The van der Waals surface area contributed by atoms with E-state index in [-0.39, 0.29) is 17.6 Å². The predicted octanol–water partition coefficient (Wildman–Crippen LogP) is 3.37. The number of nitrogens with zero attached hydrogens (tertiary/aromatic N) is 3. The van der Waals surface area contributed by atoms with Gasteiger partial charge in [0.05, 0.1) is 21.8 Å². The van der Waals surface area contributed by atoms with Gasteiger partial charge in [-0.05, 0) is 37.1 Å². The Labute approximate surface area is 147 Å². The van der Waals surface area contributed by atoms with Crippen molar-refractivity contribution in [3.63, 3.8) is 0 Å². The first kappa shape index (κ1) is 15.7. The third-order valence-corrected chi connectivity index (χ3v) is 5.48. The van der Waals surface area contributed by atoms with Gasteiger partial charge < -0.3 is 10.0 Å². The molecule has 6 nitrogen and oxygen atoms in total. The summed E-state index contributed by atoms with van der Waals surface area (Å²) in [6.07, 6.45) is 3.14. The van der Waals surface area contributed by atoms with Gasteiger partial charge in [-0.3, -0.25) is 4.79 Å². The van der Waals surface area contributed by atoms with E-state index >= 15 is 0 Å². The quantitative estimate of drug-likeness (QED) is 0.780. The lowest BCUT2D eigenvalue weighted by Crippen LogP contribution is -2.30. The number of likely N-dealkylation sites (tertiary alicyclic amines) is 1. The van der Waals surface area contributed by atoms with E-state index in [1.807, 2.05) is 29.2 Å². The molecule has 7 heteroatoms. The SMILES string of the molecule is O=C(O)c1ccc(C(=O)N2CCC[C@@H]2c2nc3ccccc3s2)cn1. The van der Waals surface area contributed by atoms with Crippen molar-refractivity contribution in [3.05, 3.63) is 58.9 Å². The van der Waals surface area contributed by atoms with Crippen molar-refractivity contribution in [2.75, 3.05) is 6.54 Å². The molecule has 4 rings (SSSR count).